The molecule has 0 aliphatic rings. The van der Waals surface area contributed by atoms with Crippen molar-refractivity contribution in [1.82, 2.24) is 4.72 Å². The van der Waals surface area contributed by atoms with Crippen LogP contribution in [0.25, 0.3) is 0 Å². The number of nitrogens with one attached hydrogen (secondary N) is 1. The summed E-state index contributed by atoms with van der Waals surface area (Å²) >= 11 is 13.5. The Labute approximate surface area is 181 Å². The molecule has 0 fully saturated rings. The zero-order chi connectivity index (χ0) is 21.1. The molecule has 0 bridgehead atoms. The van der Waals surface area contributed by atoms with Crippen LogP contribution >= 0.6 is 23.2 Å². The second-order valence-electron chi connectivity index (χ2n) is 6.63. The van der Waals surface area contributed by atoms with E-state index in [1.54, 1.807) is 79.9 Å². The molecular weight excluding hydrogens is 429 g/mol. The first-order valence-electron chi connectivity index (χ1n) is 8.90. The first-order valence-corrected chi connectivity index (χ1v) is 11.1. The van der Waals surface area contributed by atoms with Crippen molar-refractivity contribution in [3.63, 3.8) is 0 Å². The smallest absolute Gasteiger partial charge is 0.241 e. The Balaban J connectivity index is 2.06. The summed E-state index contributed by atoms with van der Waals surface area (Å²) in [6, 6.07) is 21.5. The van der Waals surface area contributed by atoms with E-state index in [9.17, 15) is 8.42 Å². The second kappa shape index (κ2) is 8.76. The molecule has 1 unspecified atom stereocenters. The lowest BCUT2D eigenvalue weighted by molar-refractivity contribution is 0.414. The highest BCUT2D eigenvalue weighted by atomic mass is 35.5. The number of benzene rings is 3. The highest BCUT2D eigenvalue weighted by Gasteiger charge is 2.40. The molecule has 0 spiro atoms. The third kappa shape index (κ3) is 4.93. The van der Waals surface area contributed by atoms with Gasteiger partial charge in [-0.2, -0.15) is 0 Å². The summed E-state index contributed by atoms with van der Waals surface area (Å²) in [5.41, 5.74) is 2.15. The van der Waals surface area contributed by atoms with Crippen LogP contribution in [0.5, 0.6) is 5.75 Å². The van der Waals surface area contributed by atoms with Crippen LogP contribution in [0.3, 0.4) is 0 Å². The number of ether oxygens (including phenoxy) is 1. The Hall–Kier alpha value is -2.05. The summed E-state index contributed by atoms with van der Waals surface area (Å²) in [5, 5.41) is 0. The quantitative estimate of drug-likeness (QED) is 0.494. The van der Waals surface area contributed by atoms with E-state index in [-0.39, 0.29) is 4.90 Å². The number of alkyl halides is 2. The van der Waals surface area contributed by atoms with E-state index in [1.165, 1.54) is 0 Å². The van der Waals surface area contributed by atoms with Gasteiger partial charge in [-0.25, -0.2) is 13.1 Å². The fourth-order valence-corrected chi connectivity index (χ4v) is 4.91. The highest BCUT2D eigenvalue weighted by molar-refractivity contribution is 7.89. The minimum atomic E-state index is -3.88. The molecule has 0 saturated heterocycles. The minimum absolute atomic E-state index is 0.138. The van der Waals surface area contributed by atoms with Crippen LogP contribution in [0.15, 0.2) is 83.8 Å². The van der Waals surface area contributed by atoms with Crippen LogP contribution in [-0.4, -0.2) is 15.5 Å². The Morgan fingerprint density at radius 3 is 2.03 bits per heavy atom. The predicted octanol–water partition coefficient (Wildman–Crippen LogP) is 5.35. The molecule has 1 atom stereocenters. The van der Waals surface area contributed by atoms with Crippen molar-refractivity contribution >= 4 is 33.2 Å². The van der Waals surface area contributed by atoms with Crippen molar-refractivity contribution in [2.24, 2.45) is 0 Å². The van der Waals surface area contributed by atoms with Gasteiger partial charge < -0.3 is 4.74 Å². The maximum Gasteiger partial charge on any atom is 0.241 e. The number of aryl methyl sites for hydroxylation is 1. The first-order chi connectivity index (χ1) is 13.7. The lowest BCUT2D eigenvalue weighted by Gasteiger charge is -2.31. The van der Waals surface area contributed by atoms with Gasteiger partial charge in [0.2, 0.25) is 10.0 Å². The summed E-state index contributed by atoms with van der Waals surface area (Å²) in [6.45, 7) is 1.89. The zero-order valence-corrected chi connectivity index (χ0v) is 18.3. The van der Waals surface area contributed by atoms with Gasteiger partial charge in [0.1, 0.15) is 5.75 Å². The second-order valence-corrected chi connectivity index (χ2v) is 9.73. The van der Waals surface area contributed by atoms with Crippen molar-refractivity contribution in [2.75, 3.05) is 7.11 Å². The predicted molar refractivity (Wildman–Crippen MR) is 117 cm³/mol. The van der Waals surface area contributed by atoms with Gasteiger partial charge in [-0.1, -0.05) is 83.4 Å². The molecule has 0 aromatic heterocycles. The van der Waals surface area contributed by atoms with E-state index in [1.807, 2.05) is 13.0 Å². The molecular formula is C22H21Cl2NO3S. The van der Waals surface area contributed by atoms with Gasteiger partial charge in [-0.05, 0) is 42.3 Å². The molecule has 0 heterocycles. The molecule has 3 rings (SSSR count). The Morgan fingerprint density at radius 1 is 0.897 bits per heavy atom. The van der Waals surface area contributed by atoms with Gasteiger partial charge in [0, 0.05) is 0 Å². The fourth-order valence-electron chi connectivity index (χ4n) is 2.92. The molecule has 29 heavy (non-hydrogen) atoms. The van der Waals surface area contributed by atoms with E-state index >= 15 is 0 Å². The van der Waals surface area contributed by atoms with Gasteiger partial charge >= 0.3 is 0 Å². The van der Waals surface area contributed by atoms with Crippen LogP contribution < -0.4 is 9.46 Å². The lowest BCUT2D eigenvalue weighted by atomic mass is 9.98. The van der Waals surface area contributed by atoms with E-state index in [4.69, 9.17) is 27.9 Å². The van der Waals surface area contributed by atoms with Crippen molar-refractivity contribution in [1.29, 1.82) is 0 Å². The maximum atomic E-state index is 13.1. The first kappa shape index (κ1) is 21.7. The topological polar surface area (TPSA) is 55.4 Å². The summed E-state index contributed by atoms with van der Waals surface area (Å²) in [7, 11) is -2.32. The maximum absolute atomic E-state index is 13.1. The Morgan fingerprint density at radius 2 is 1.48 bits per heavy atom. The number of hydrogen-bond donors (Lipinski definition) is 1. The average Bonchev–Trinajstić information content (AvgIpc) is 2.73. The summed E-state index contributed by atoms with van der Waals surface area (Å²) < 4.78 is 32.5. The van der Waals surface area contributed by atoms with Crippen LogP contribution in [-0.2, 0) is 14.4 Å². The number of methoxy groups -OCH3 is 1. The molecule has 152 valence electrons. The standard InChI is InChI=1S/C22H21Cl2NO3S/c1-16-8-14-20(15-9-16)29(26,27)25-21(17-10-12-19(28-2)13-11-17)22(23,24)18-6-4-3-5-7-18/h3-15,21,25H,1-2H3. The monoisotopic (exact) mass is 449 g/mol. The normalized spacial score (nSPS) is 13.1. The summed E-state index contributed by atoms with van der Waals surface area (Å²) in [5.74, 6) is 0.642. The number of rotatable bonds is 7. The fraction of sp³-hybridized carbons (Fsp3) is 0.182. The molecule has 0 aliphatic heterocycles. The Bertz CT molecular complexity index is 1050. The molecule has 0 amide bonds. The van der Waals surface area contributed by atoms with Crippen LogP contribution in [0, 0.1) is 6.92 Å². The average molecular weight is 450 g/mol. The molecule has 3 aromatic rings. The summed E-state index contributed by atoms with van der Waals surface area (Å²) in [4.78, 5) is 0.138. The van der Waals surface area contributed by atoms with Crippen molar-refractivity contribution in [2.45, 2.75) is 22.2 Å². The minimum Gasteiger partial charge on any atom is -0.497 e. The van der Waals surface area contributed by atoms with E-state index in [2.05, 4.69) is 4.72 Å². The third-order valence-electron chi connectivity index (χ3n) is 4.57. The van der Waals surface area contributed by atoms with Gasteiger partial charge in [0.25, 0.3) is 0 Å². The van der Waals surface area contributed by atoms with E-state index < -0.39 is 20.4 Å². The van der Waals surface area contributed by atoms with E-state index in [0.717, 1.165) is 5.56 Å². The number of halogens is 2. The van der Waals surface area contributed by atoms with E-state index in [0.29, 0.717) is 16.9 Å². The molecule has 4 nitrogen and oxygen atoms in total. The van der Waals surface area contributed by atoms with Crippen molar-refractivity contribution in [3.8, 4) is 5.75 Å². The molecule has 0 aliphatic carbocycles. The lowest BCUT2D eigenvalue weighted by Crippen LogP contribution is -2.38. The zero-order valence-electron chi connectivity index (χ0n) is 16.0. The van der Waals surface area contributed by atoms with Gasteiger partial charge in [0.05, 0.1) is 18.0 Å². The van der Waals surface area contributed by atoms with Gasteiger partial charge in [0.15, 0.2) is 4.33 Å². The molecule has 3 aromatic carbocycles. The van der Waals surface area contributed by atoms with Crippen molar-refractivity contribution < 1.29 is 13.2 Å². The molecule has 7 heteroatoms. The van der Waals surface area contributed by atoms with Crippen LogP contribution in [0.2, 0.25) is 0 Å². The molecule has 0 radical (unpaired) electrons. The molecule has 1 N–H and O–H groups in total. The van der Waals surface area contributed by atoms with Gasteiger partial charge in [-0.15, -0.1) is 0 Å². The molecule has 0 saturated carbocycles. The SMILES string of the molecule is COc1ccc(C(NS(=O)(=O)c2ccc(C)cc2)C(Cl)(Cl)c2ccccc2)cc1. The van der Waals surface area contributed by atoms with Gasteiger partial charge in [-0.3, -0.25) is 0 Å². The number of sulfonamides is 1. The summed E-state index contributed by atoms with van der Waals surface area (Å²) in [6.07, 6.45) is 0. The highest BCUT2D eigenvalue weighted by Crippen LogP contribution is 2.46. The largest absolute Gasteiger partial charge is 0.497 e. The van der Waals surface area contributed by atoms with Crippen molar-refractivity contribution in [3.05, 3.63) is 95.6 Å². The van der Waals surface area contributed by atoms with Crippen LogP contribution in [0.1, 0.15) is 22.7 Å². The Kier molecular flexibility index (Phi) is 6.54. The van der Waals surface area contributed by atoms with Crippen LogP contribution in [0.4, 0.5) is 0 Å². The number of hydrogen-bond acceptors (Lipinski definition) is 3. The third-order valence-corrected chi connectivity index (χ3v) is 6.89.